The highest BCUT2D eigenvalue weighted by atomic mass is 35.5. The Balaban J connectivity index is 1.76. The van der Waals surface area contributed by atoms with Gasteiger partial charge in [0, 0.05) is 18.8 Å². The van der Waals surface area contributed by atoms with Crippen molar-refractivity contribution in [2.24, 2.45) is 0 Å². The highest BCUT2D eigenvalue weighted by Gasteiger charge is 2.08. The van der Waals surface area contributed by atoms with E-state index in [1.165, 1.54) is 5.56 Å². The molecular formula is C16H21ClN4S. The Bertz CT molecular complexity index is 666. The quantitative estimate of drug-likeness (QED) is 0.643. The SMILES string of the molecule is Cc1ccccc1NC(=S)NCCCn1nc(C)c(Cl)c1C. The Morgan fingerprint density at radius 1 is 1.27 bits per heavy atom. The van der Waals surface area contributed by atoms with E-state index >= 15 is 0 Å². The van der Waals surface area contributed by atoms with Crippen molar-refractivity contribution in [3.05, 3.63) is 46.2 Å². The number of halogens is 1. The lowest BCUT2D eigenvalue weighted by Gasteiger charge is -2.12. The van der Waals surface area contributed by atoms with Crippen LogP contribution in [0, 0.1) is 20.8 Å². The summed E-state index contributed by atoms with van der Waals surface area (Å²) < 4.78 is 1.94. The molecule has 0 unspecified atom stereocenters. The summed E-state index contributed by atoms with van der Waals surface area (Å²) in [6, 6.07) is 8.07. The molecule has 0 aliphatic carbocycles. The van der Waals surface area contributed by atoms with Gasteiger partial charge in [0.05, 0.1) is 16.4 Å². The van der Waals surface area contributed by atoms with Gasteiger partial charge < -0.3 is 10.6 Å². The Hall–Kier alpha value is -1.59. The molecule has 0 aliphatic rings. The predicted molar refractivity (Wildman–Crippen MR) is 96.7 cm³/mol. The maximum absolute atomic E-state index is 6.14. The molecule has 22 heavy (non-hydrogen) atoms. The van der Waals surface area contributed by atoms with Gasteiger partial charge in [-0.3, -0.25) is 4.68 Å². The molecule has 0 radical (unpaired) electrons. The van der Waals surface area contributed by atoms with Gasteiger partial charge >= 0.3 is 0 Å². The molecule has 2 N–H and O–H groups in total. The van der Waals surface area contributed by atoms with Crippen molar-refractivity contribution in [2.75, 3.05) is 11.9 Å². The number of hydrogen-bond acceptors (Lipinski definition) is 2. The van der Waals surface area contributed by atoms with Gasteiger partial charge in [-0.05, 0) is 51.0 Å². The molecule has 1 aromatic heterocycles. The third-order valence-corrected chi connectivity index (χ3v) is 4.31. The molecule has 1 aromatic carbocycles. The van der Waals surface area contributed by atoms with Gasteiger partial charge in [-0.1, -0.05) is 29.8 Å². The molecule has 2 rings (SSSR count). The average molecular weight is 337 g/mol. The molecule has 6 heteroatoms. The first-order valence-electron chi connectivity index (χ1n) is 7.29. The zero-order valence-electron chi connectivity index (χ0n) is 13.1. The largest absolute Gasteiger partial charge is 0.362 e. The summed E-state index contributed by atoms with van der Waals surface area (Å²) in [5.74, 6) is 0. The molecule has 118 valence electrons. The van der Waals surface area contributed by atoms with Gasteiger partial charge in [0.25, 0.3) is 0 Å². The topological polar surface area (TPSA) is 41.9 Å². The smallest absolute Gasteiger partial charge is 0.170 e. The molecule has 1 heterocycles. The number of aryl methyl sites for hydroxylation is 3. The molecule has 0 spiro atoms. The summed E-state index contributed by atoms with van der Waals surface area (Å²) in [4.78, 5) is 0. The molecule has 0 aliphatic heterocycles. The van der Waals surface area contributed by atoms with E-state index in [1.54, 1.807) is 0 Å². The number of aromatic nitrogens is 2. The van der Waals surface area contributed by atoms with Crippen LogP contribution in [0.2, 0.25) is 5.02 Å². The Morgan fingerprint density at radius 2 is 2.00 bits per heavy atom. The zero-order valence-corrected chi connectivity index (χ0v) is 14.7. The van der Waals surface area contributed by atoms with Crippen LogP contribution >= 0.6 is 23.8 Å². The van der Waals surface area contributed by atoms with Crippen LogP contribution < -0.4 is 10.6 Å². The minimum Gasteiger partial charge on any atom is -0.362 e. The Labute approximate surface area is 141 Å². The van der Waals surface area contributed by atoms with Crippen molar-refractivity contribution in [1.29, 1.82) is 0 Å². The fourth-order valence-electron chi connectivity index (χ4n) is 2.20. The van der Waals surface area contributed by atoms with E-state index in [4.69, 9.17) is 23.8 Å². The van der Waals surface area contributed by atoms with Crippen molar-refractivity contribution in [3.8, 4) is 0 Å². The molecule has 0 atom stereocenters. The molecule has 0 fully saturated rings. The van der Waals surface area contributed by atoms with Crippen LogP contribution in [0.3, 0.4) is 0 Å². The number of rotatable bonds is 5. The van der Waals surface area contributed by atoms with Crippen molar-refractivity contribution >= 4 is 34.6 Å². The third kappa shape index (κ3) is 4.21. The standard InChI is InChI=1S/C16H21ClN4S/c1-11-7-4-5-8-14(11)19-16(22)18-9-6-10-21-13(3)15(17)12(2)20-21/h4-5,7-8H,6,9-10H2,1-3H3,(H2,18,19,22). The molecule has 0 bridgehead atoms. The van der Waals surface area contributed by atoms with Crippen LogP contribution in [0.5, 0.6) is 0 Å². The number of hydrogen-bond donors (Lipinski definition) is 2. The molecule has 0 amide bonds. The van der Waals surface area contributed by atoms with E-state index in [0.717, 1.165) is 41.6 Å². The molecular weight excluding hydrogens is 316 g/mol. The van der Waals surface area contributed by atoms with Gasteiger partial charge in [-0.25, -0.2) is 0 Å². The highest BCUT2D eigenvalue weighted by Crippen LogP contribution is 2.18. The van der Waals surface area contributed by atoms with Crippen LogP contribution in [0.1, 0.15) is 23.4 Å². The van der Waals surface area contributed by atoms with Crippen molar-refractivity contribution in [1.82, 2.24) is 15.1 Å². The Morgan fingerprint density at radius 3 is 2.64 bits per heavy atom. The maximum Gasteiger partial charge on any atom is 0.170 e. The summed E-state index contributed by atoms with van der Waals surface area (Å²) in [6.45, 7) is 7.57. The van der Waals surface area contributed by atoms with Crippen molar-refractivity contribution in [3.63, 3.8) is 0 Å². The zero-order chi connectivity index (χ0) is 16.1. The number of anilines is 1. The fourth-order valence-corrected chi connectivity index (χ4v) is 2.55. The number of benzene rings is 1. The minimum absolute atomic E-state index is 0.640. The molecule has 0 saturated carbocycles. The van der Waals surface area contributed by atoms with Gasteiger partial charge in [0.2, 0.25) is 0 Å². The van der Waals surface area contributed by atoms with Crippen LogP contribution in [0.4, 0.5) is 5.69 Å². The number of thiocarbonyl (C=S) groups is 1. The van der Waals surface area contributed by atoms with E-state index in [2.05, 4.69) is 28.7 Å². The van der Waals surface area contributed by atoms with E-state index in [0.29, 0.717) is 5.11 Å². The molecule has 2 aromatic rings. The monoisotopic (exact) mass is 336 g/mol. The number of para-hydroxylation sites is 1. The van der Waals surface area contributed by atoms with Crippen LogP contribution in [-0.2, 0) is 6.54 Å². The summed E-state index contributed by atoms with van der Waals surface area (Å²) in [7, 11) is 0. The molecule has 4 nitrogen and oxygen atoms in total. The van der Waals surface area contributed by atoms with Crippen LogP contribution in [-0.4, -0.2) is 21.4 Å². The highest BCUT2D eigenvalue weighted by molar-refractivity contribution is 7.80. The first-order chi connectivity index (χ1) is 10.5. The third-order valence-electron chi connectivity index (χ3n) is 3.52. The van der Waals surface area contributed by atoms with Crippen LogP contribution in [0.15, 0.2) is 24.3 Å². The predicted octanol–water partition coefficient (Wildman–Crippen LogP) is 3.84. The van der Waals surface area contributed by atoms with Gasteiger partial charge in [-0.15, -0.1) is 0 Å². The Kier molecular flexibility index (Phi) is 5.80. The number of nitrogens with zero attached hydrogens (tertiary/aromatic N) is 2. The lowest BCUT2D eigenvalue weighted by Crippen LogP contribution is -2.30. The second-order valence-electron chi connectivity index (χ2n) is 5.26. The van der Waals surface area contributed by atoms with Gasteiger partial charge in [0.15, 0.2) is 5.11 Å². The number of nitrogens with one attached hydrogen (secondary N) is 2. The van der Waals surface area contributed by atoms with Gasteiger partial charge in [-0.2, -0.15) is 5.10 Å². The second kappa shape index (κ2) is 7.61. The van der Waals surface area contributed by atoms with Crippen LogP contribution in [0.25, 0.3) is 0 Å². The molecule has 0 saturated heterocycles. The fraction of sp³-hybridized carbons (Fsp3) is 0.375. The summed E-state index contributed by atoms with van der Waals surface area (Å²) >= 11 is 11.4. The minimum atomic E-state index is 0.640. The normalized spacial score (nSPS) is 10.5. The lowest BCUT2D eigenvalue weighted by molar-refractivity contribution is 0.558. The van der Waals surface area contributed by atoms with E-state index in [1.807, 2.05) is 36.7 Å². The van der Waals surface area contributed by atoms with E-state index < -0.39 is 0 Å². The first kappa shape index (κ1) is 16.8. The first-order valence-corrected chi connectivity index (χ1v) is 8.07. The van der Waals surface area contributed by atoms with Crippen molar-refractivity contribution < 1.29 is 0 Å². The summed E-state index contributed by atoms with van der Waals surface area (Å²) in [5.41, 5.74) is 4.10. The maximum atomic E-state index is 6.14. The van der Waals surface area contributed by atoms with Crippen molar-refractivity contribution in [2.45, 2.75) is 33.7 Å². The van der Waals surface area contributed by atoms with E-state index in [-0.39, 0.29) is 0 Å². The second-order valence-corrected chi connectivity index (χ2v) is 6.04. The lowest BCUT2D eigenvalue weighted by atomic mass is 10.2. The summed E-state index contributed by atoms with van der Waals surface area (Å²) in [6.07, 6.45) is 0.924. The van der Waals surface area contributed by atoms with Gasteiger partial charge in [0.1, 0.15) is 0 Å². The summed E-state index contributed by atoms with van der Waals surface area (Å²) in [5, 5.41) is 12.2. The van der Waals surface area contributed by atoms with E-state index in [9.17, 15) is 0 Å². The average Bonchev–Trinajstić information content (AvgIpc) is 2.73.